The molecule has 3 rings (SSSR count). The average molecular weight is 519 g/mol. The van der Waals surface area contributed by atoms with Crippen LogP contribution in [0.15, 0.2) is 66.7 Å². The first kappa shape index (κ1) is 29.4. The van der Waals surface area contributed by atoms with Crippen molar-refractivity contribution >= 4 is 5.97 Å². The molecule has 3 nitrogen and oxygen atoms in total. The average Bonchev–Trinajstić information content (AvgIpc) is 2.92. The Labute approximate surface area is 228 Å². The quantitative estimate of drug-likeness (QED) is 0.181. The van der Waals surface area contributed by atoms with Crippen molar-refractivity contribution in [1.29, 1.82) is 0 Å². The van der Waals surface area contributed by atoms with E-state index in [2.05, 4.69) is 6.92 Å². The molecule has 0 aliphatic heterocycles. The summed E-state index contributed by atoms with van der Waals surface area (Å²) in [6.45, 7) is 4.45. The minimum absolute atomic E-state index is 0.240. The second-order valence-corrected chi connectivity index (χ2v) is 10.2. The summed E-state index contributed by atoms with van der Waals surface area (Å²) in [5.74, 6) is -0.224. The zero-order valence-corrected chi connectivity index (χ0v) is 23.1. The molecule has 0 fully saturated rings. The first-order chi connectivity index (χ1) is 18.5. The van der Waals surface area contributed by atoms with Gasteiger partial charge in [-0.1, -0.05) is 113 Å². The van der Waals surface area contributed by atoms with Gasteiger partial charge in [-0.15, -0.1) is 0 Å². The number of ether oxygens (including phenoxy) is 1. The van der Waals surface area contributed by atoms with Crippen LogP contribution in [0.2, 0.25) is 0 Å². The van der Waals surface area contributed by atoms with E-state index in [9.17, 15) is 14.3 Å². The first-order valence-electron chi connectivity index (χ1n) is 14.3. The molecule has 0 amide bonds. The number of carboxylic acid groups (broad SMARTS) is 1. The van der Waals surface area contributed by atoms with Gasteiger partial charge < -0.3 is 9.84 Å². The molecule has 0 aliphatic carbocycles. The van der Waals surface area contributed by atoms with E-state index in [1.54, 1.807) is 19.1 Å². The normalized spacial score (nSPS) is 11.9. The third kappa shape index (κ3) is 9.01. The van der Waals surface area contributed by atoms with Crippen LogP contribution in [0.3, 0.4) is 0 Å². The lowest BCUT2D eigenvalue weighted by Gasteiger charge is -2.21. The van der Waals surface area contributed by atoms with Gasteiger partial charge in [-0.05, 0) is 53.8 Å². The lowest BCUT2D eigenvalue weighted by molar-refractivity contribution is 0.0697. The standard InChI is InChI=1S/C34H43FO3/c1-3-4-5-6-7-8-9-10-11-15-24-38-32-23-22-30(27-18-20-29(21-19-27)34(36)37)33(31(32)25-26(2)35)28-16-13-12-14-17-28/h12-14,16-23,26H,3-11,15,24-25H2,1-2H3,(H,36,37)/t26-/m1/s1. The van der Waals surface area contributed by atoms with Crippen LogP contribution in [0.25, 0.3) is 22.3 Å². The number of carboxylic acids is 1. The Morgan fingerprint density at radius 1 is 0.789 bits per heavy atom. The molecule has 38 heavy (non-hydrogen) atoms. The van der Waals surface area contributed by atoms with Crippen LogP contribution in [0.1, 0.15) is 94.0 Å². The molecule has 1 atom stereocenters. The third-order valence-corrected chi connectivity index (χ3v) is 7.02. The van der Waals surface area contributed by atoms with Crippen LogP contribution in [0.4, 0.5) is 4.39 Å². The molecule has 4 heteroatoms. The number of halogens is 1. The second-order valence-electron chi connectivity index (χ2n) is 10.2. The fraction of sp³-hybridized carbons (Fsp3) is 0.441. The zero-order valence-electron chi connectivity index (χ0n) is 23.1. The second kappa shape index (κ2) is 16.0. The van der Waals surface area contributed by atoms with Gasteiger partial charge in [-0.2, -0.15) is 0 Å². The molecule has 0 radical (unpaired) electrons. The maximum atomic E-state index is 14.5. The van der Waals surface area contributed by atoms with Gasteiger partial charge in [-0.3, -0.25) is 0 Å². The van der Waals surface area contributed by atoms with E-state index >= 15 is 0 Å². The lowest BCUT2D eigenvalue weighted by Crippen LogP contribution is -2.07. The van der Waals surface area contributed by atoms with Crippen molar-refractivity contribution in [3.8, 4) is 28.0 Å². The summed E-state index contributed by atoms with van der Waals surface area (Å²) < 4.78 is 20.7. The fourth-order valence-corrected chi connectivity index (χ4v) is 4.99. The molecule has 0 aliphatic rings. The molecule has 3 aromatic rings. The van der Waals surface area contributed by atoms with Crippen molar-refractivity contribution < 1.29 is 19.0 Å². The molecule has 0 saturated carbocycles. The van der Waals surface area contributed by atoms with Gasteiger partial charge in [0, 0.05) is 12.0 Å². The Hall–Kier alpha value is -3.14. The zero-order chi connectivity index (χ0) is 27.2. The molecule has 0 unspecified atom stereocenters. The molecule has 0 bridgehead atoms. The highest BCUT2D eigenvalue weighted by atomic mass is 19.1. The first-order valence-corrected chi connectivity index (χ1v) is 14.3. The number of carbonyl (C=O) groups is 1. The van der Waals surface area contributed by atoms with Gasteiger partial charge in [0.1, 0.15) is 11.9 Å². The highest BCUT2D eigenvalue weighted by Crippen LogP contribution is 2.40. The Bertz CT molecular complexity index is 1110. The van der Waals surface area contributed by atoms with E-state index in [0.29, 0.717) is 6.61 Å². The highest BCUT2D eigenvalue weighted by Gasteiger charge is 2.19. The summed E-state index contributed by atoms with van der Waals surface area (Å²) in [5.41, 5.74) is 4.86. The number of aromatic carboxylic acids is 1. The van der Waals surface area contributed by atoms with Gasteiger partial charge in [-0.25, -0.2) is 9.18 Å². The van der Waals surface area contributed by atoms with Gasteiger partial charge in [0.2, 0.25) is 0 Å². The summed E-state index contributed by atoms with van der Waals surface area (Å²) in [6, 6.07) is 20.8. The molecule has 1 N–H and O–H groups in total. The van der Waals surface area contributed by atoms with Crippen LogP contribution in [0, 0.1) is 0 Å². The molecule has 3 aromatic carbocycles. The van der Waals surface area contributed by atoms with Gasteiger partial charge in [0.05, 0.1) is 12.2 Å². The van der Waals surface area contributed by atoms with E-state index in [-0.39, 0.29) is 12.0 Å². The molecule has 0 spiro atoms. The van der Waals surface area contributed by atoms with E-state index in [4.69, 9.17) is 4.74 Å². The summed E-state index contributed by atoms with van der Waals surface area (Å²) in [7, 11) is 0. The highest BCUT2D eigenvalue weighted by molar-refractivity contribution is 5.91. The summed E-state index contributed by atoms with van der Waals surface area (Å²) in [4.78, 5) is 11.3. The van der Waals surface area contributed by atoms with E-state index in [1.807, 2.05) is 54.6 Å². The predicted molar refractivity (Wildman–Crippen MR) is 156 cm³/mol. The lowest BCUT2D eigenvalue weighted by atomic mass is 9.87. The Morgan fingerprint density at radius 2 is 1.39 bits per heavy atom. The van der Waals surface area contributed by atoms with Crippen molar-refractivity contribution in [1.82, 2.24) is 0 Å². The fourth-order valence-electron chi connectivity index (χ4n) is 4.99. The van der Waals surface area contributed by atoms with Gasteiger partial charge >= 0.3 is 5.97 Å². The van der Waals surface area contributed by atoms with Crippen LogP contribution in [0.5, 0.6) is 5.75 Å². The number of unbranched alkanes of at least 4 members (excludes halogenated alkanes) is 9. The largest absolute Gasteiger partial charge is 0.493 e. The minimum Gasteiger partial charge on any atom is -0.493 e. The van der Waals surface area contributed by atoms with E-state index < -0.39 is 12.1 Å². The third-order valence-electron chi connectivity index (χ3n) is 7.02. The van der Waals surface area contributed by atoms with Crippen molar-refractivity contribution in [2.75, 3.05) is 6.61 Å². The van der Waals surface area contributed by atoms with E-state index in [0.717, 1.165) is 46.4 Å². The molecule has 204 valence electrons. The van der Waals surface area contributed by atoms with Crippen LogP contribution < -0.4 is 4.74 Å². The summed E-state index contributed by atoms with van der Waals surface area (Å²) in [5, 5.41) is 9.30. The molecular formula is C34H43FO3. The summed E-state index contributed by atoms with van der Waals surface area (Å²) >= 11 is 0. The van der Waals surface area contributed by atoms with Crippen LogP contribution in [-0.4, -0.2) is 23.9 Å². The molecule has 0 heterocycles. The number of hydrogen-bond donors (Lipinski definition) is 1. The number of alkyl halides is 1. The van der Waals surface area contributed by atoms with Crippen LogP contribution >= 0.6 is 0 Å². The topological polar surface area (TPSA) is 46.5 Å². The molecular weight excluding hydrogens is 475 g/mol. The Balaban J connectivity index is 1.75. The minimum atomic E-state index is -1.03. The number of benzene rings is 3. The monoisotopic (exact) mass is 518 g/mol. The molecule has 0 saturated heterocycles. The summed E-state index contributed by atoms with van der Waals surface area (Å²) in [6.07, 6.45) is 11.9. The predicted octanol–water partition coefficient (Wildman–Crippen LogP) is 9.92. The number of hydrogen-bond acceptors (Lipinski definition) is 2. The Kier molecular flexibility index (Phi) is 12.4. The van der Waals surface area contributed by atoms with Crippen molar-refractivity contribution in [2.24, 2.45) is 0 Å². The SMILES string of the molecule is CCCCCCCCCCCCOc1ccc(-c2ccc(C(=O)O)cc2)c(-c2ccccc2)c1C[C@@H](C)F. The van der Waals surface area contributed by atoms with Crippen molar-refractivity contribution in [3.63, 3.8) is 0 Å². The maximum Gasteiger partial charge on any atom is 0.335 e. The van der Waals surface area contributed by atoms with Crippen LogP contribution in [-0.2, 0) is 6.42 Å². The smallest absolute Gasteiger partial charge is 0.335 e. The van der Waals surface area contributed by atoms with Crippen molar-refractivity contribution in [2.45, 2.75) is 90.6 Å². The molecule has 0 aromatic heterocycles. The van der Waals surface area contributed by atoms with Gasteiger partial charge in [0.15, 0.2) is 0 Å². The number of rotatable bonds is 17. The van der Waals surface area contributed by atoms with E-state index in [1.165, 1.54) is 51.4 Å². The Morgan fingerprint density at radius 3 is 1.97 bits per heavy atom. The van der Waals surface area contributed by atoms with Crippen molar-refractivity contribution in [3.05, 3.63) is 77.9 Å². The maximum absolute atomic E-state index is 14.5. The van der Waals surface area contributed by atoms with Gasteiger partial charge in [0.25, 0.3) is 0 Å².